The van der Waals surface area contributed by atoms with E-state index in [4.69, 9.17) is 4.74 Å². The molecule has 4 nitrogen and oxygen atoms in total. The van der Waals surface area contributed by atoms with Crippen LogP contribution in [-0.4, -0.2) is 54.1 Å². The molecule has 0 spiro atoms. The summed E-state index contributed by atoms with van der Waals surface area (Å²) in [5.41, 5.74) is 1.33. The molecule has 128 valence electrons. The zero-order chi connectivity index (χ0) is 16.4. The summed E-state index contributed by atoms with van der Waals surface area (Å²) < 4.78 is 5.97. The van der Waals surface area contributed by atoms with Gasteiger partial charge in [0.15, 0.2) is 0 Å². The molecule has 1 amide bonds. The standard InChI is InChI=1S/C20H26N2O2/c23-20(12-16-6-4-5-7-16)22-14-18-19(15-22)24-11-10-21(18)13-17-8-2-1-3-9-17/h1-4,6,8-9,16,18-19H,5,7,10-15H2/t16-,18+,19+/m1/s1. The number of hydrogen-bond donors (Lipinski definition) is 0. The molecule has 0 saturated carbocycles. The average molecular weight is 326 g/mol. The van der Waals surface area contributed by atoms with Crippen molar-refractivity contribution in [2.75, 3.05) is 26.2 Å². The minimum Gasteiger partial charge on any atom is -0.373 e. The van der Waals surface area contributed by atoms with Gasteiger partial charge in [0.05, 0.1) is 18.8 Å². The van der Waals surface area contributed by atoms with Crippen LogP contribution in [-0.2, 0) is 16.1 Å². The number of likely N-dealkylation sites (tertiary alicyclic amines) is 1. The van der Waals surface area contributed by atoms with E-state index in [1.54, 1.807) is 0 Å². The zero-order valence-electron chi connectivity index (χ0n) is 14.1. The summed E-state index contributed by atoms with van der Waals surface area (Å²) in [7, 11) is 0. The summed E-state index contributed by atoms with van der Waals surface area (Å²) in [6.07, 6.45) is 7.49. The van der Waals surface area contributed by atoms with Gasteiger partial charge in [-0.15, -0.1) is 0 Å². The van der Waals surface area contributed by atoms with Crippen molar-refractivity contribution < 1.29 is 9.53 Å². The second-order valence-electron chi connectivity index (χ2n) is 7.20. The van der Waals surface area contributed by atoms with E-state index in [1.165, 1.54) is 5.56 Å². The first-order chi connectivity index (χ1) is 11.8. The normalized spacial score (nSPS) is 29.8. The van der Waals surface area contributed by atoms with Gasteiger partial charge in [0.25, 0.3) is 0 Å². The van der Waals surface area contributed by atoms with Crippen molar-refractivity contribution in [3.8, 4) is 0 Å². The van der Waals surface area contributed by atoms with Crippen LogP contribution in [0.3, 0.4) is 0 Å². The Kier molecular flexibility index (Phi) is 4.67. The lowest BCUT2D eigenvalue weighted by Crippen LogP contribution is -2.50. The zero-order valence-corrected chi connectivity index (χ0v) is 14.1. The van der Waals surface area contributed by atoms with E-state index in [1.807, 2.05) is 4.90 Å². The molecule has 0 N–H and O–H groups in total. The molecule has 0 aromatic heterocycles. The Hall–Kier alpha value is -1.65. The van der Waals surface area contributed by atoms with Crippen molar-refractivity contribution in [1.29, 1.82) is 0 Å². The molecule has 3 aliphatic rings. The Morgan fingerprint density at radius 3 is 2.88 bits per heavy atom. The van der Waals surface area contributed by atoms with E-state index in [9.17, 15) is 4.79 Å². The van der Waals surface area contributed by atoms with Gasteiger partial charge < -0.3 is 9.64 Å². The van der Waals surface area contributed by atoms with Gasteiger partial charge in [0, 0.05) is 32.6 Å². The van der Waals surface area contributed by atoms with Crippen LogP contribution in [0.2, 0.25) is 0 Å². The first kappa shape index (κ1) is 15.9. The molecule has 1 aliphatic carbocycles. The van der Waals surface area contributed by atoms with Crippen LogP contribution in [0, 0.1) is 5.92 Å². The fourth-order valence-electron chi connectivity index (χ4n) is 4.19. The van der Waals surface area contributed by atoms with E-state index in [-0.39, 0.29) is 6.10 Å². The lowest BCUT2D eigenvalue weighted by atomic mass is 10.0. The van der Waals surface area contributed by atoms with Crippen molar-refractivity contribution in [2.24, 2.45) is 5.92 Å². The second kappa shape index (κ2) is 7.08. The average Bonchev–Trinajstić information content (AvgIpc) is 3.25. The van der Waals surface area contributed by atoms with E-state index in [0.717, 1.165) is 45.6 Å². The molecule has 2 aliphatic heterocycles. The molecule has 4 rings (SSSR count). The lowest BCUT2D eigenvalue weighted by molar-refractivity contribution is -0.131. The summed E-state index contributed by atoms with van der Waals surface area (Å²) in [6, 6.07) is 10.9. The summed E-state index contributed by atoms with van der Waals surface area (Å²) in [4.78, 5) is 17.2. The third-order valence-electron chi connectivity index (χ3n) is 5.55. The van der Waals surface area contributed by atoms with Crippen LogP contribution in [0.5, 0.6) is 0 Å². The number of nitrogens with zero attached hydrogens (tertiary/aromatic N) is 2. The largest absolute Gasteiger partial charge is 0.373 e. The van der Waals surface area contributed by atoms with Crippen LogP contribution in [0.4, 0.5) is 0 Å². The van der Waals surface area contributed by atoms with Gasteiger partial charge in [0.2, 0.25) is 5.91 Å². The molecular weight excluding hydrogens is 300 g/mol. The van der Waals surface area contributed by atoms with E-state index in [0.29, 0.717) is 24.3 Å². The van der Waals surface area contributed by atoms with Gasteiger partial charge in [-0.2, -0.15) is 0 Å². The SMILES string of the molecule is O=C(C[C@@H]1C=CCC1)N1C[C@@H]2OCCN(Cc3ccccc3)[C@H]2C1. The Labute approximate surface area is 144 Å². The third kappa shape index (κ3) is 3.40. The highest BCUT2D eigenvalue weighted by molar-refractivity contribution is 5.77. The minimum atomic E-state index is 0.172. The van der Waals surface area contributed by atoms with Crippen LogP contribution in [0.15, 0.2) is 42.5 Å². The molecule has 2 fully saturated rings. The van der Waals surface area contributed by atoms with Crippen molar-refractivity contribution in [2.45, 2.75) is 38.0 Å². The van der Waals surface area contributed by atoms with Crippen molar-refractivity contribution in [3.63, 3.8) is 0 Å². The second-order valence-corrected chi connectivity index (χ2v) is 7.20. The van der Waals surface area contributed by atoms with Gasteiger partial charge in [-0.25, -0.2) is 0 Å². The predicted octanol–water partition coefficient (Wildman–Crippen LogP) is 2.45. The summed E-state index contributed by atoms with van der Waals surface area (Å²) in [6.45, 7) is 4.22. The molecule has 0 bridgehead atoms. The van der Waals surface area contributed by atoms with Crippen molar-refractivity contribution in [1.82, 2.24) is 9.80 Å². The summed E-state index contributed by atoms with van der Waals surface area (Å²) in [5, 5.41) is 0. The third-order valence-corrected chi connectivity index (χ3v) is 5.55. The molecule has 4 heteroatoms. The van der Waals surface area contributed by atoms with Crippen molar-refractivity contribution >= 4 is 5.91 Å². The van der Waals surface area contributed by atoms with Crippen molar-refractivity contribution in [3.05, 3.63) is 48.0 Å². The Bertz CT molecular complexity index is 601. The number of benzene rings is 1. The molecule has 2 heterocycles. The highest BCUT2D eigenvalue weighted by Gasteiger charge is 2.41. The molecule has 2 saturated heterocycles. The summed E-state index contributed by atoms with van der Waals surface area (Å²) in [5.74, 6) is 0.741. The predicted molar refractivity (Wildman–Crippen MR) is 93.4 cm³/mol. The highest BCUT2D eigenvalue weighted by atomic mass is 16.5. The van der Waals surface area contributed by atoms with Gasteiger partial charge in [-0.1, -0.05) is 42.5 Å². The van der Waals surface area contributed by atoms with Gasteiger partial charge in [-0.3, -0.25) is 9.69 Å². The number of carbonyl (C=O) groups excluding carboxylic acids is 1. The van der Waals surface area contributed by atoms with Gasteiger partial charge >= 0.3 is 0 Å². The maximum atomic E-state index is 12.6. The van der Waals surface area contributed by atoms with E-state index in [2.05, 4.69) is 47.4 Å². The van der Waals surface area contributed by atoms with E-state index < -0.39 is 0 Å². The Morgan fingerprint density at radius 2 is 2.08 bits per heavy atom. The quantitative estimate of drug-likeness (QED) is 0.797. The fourth-order valence-corrected chi connectivity index (χ4v) is 4.19. The van der Waals surface area contributed by atoms with Gasteiger partial charge in [0.1, 0.15) is 0 Å². The molecule has 1 aromatic carbocycles. The Morgan fingerprint density at radius 1 is 1.21 bits per heavy atom. The van der Waals surface area contributed by atoms with Gasteiger partial charge in [-0.05, 0) is 24.3 Å². The fraction of sp³-hybridized carbons (Fsp3) is 0.550. The number of amides is 1. The number of ether oxygens (including phenoxy) is 1. The number of rotatable bonds is 4. The number of carbonyl (C=O) groups is 1. The van der Waals surface area contributed by atoms with Crippen LogP contribution >= 0.6 is 0 Å². The number of allylic oxidation sites excluding steroid dienone is 2. The molecule has 24 heavy (non-hydrogen) atoms. The highest BCUT2D eigenvalue weighted by Crippen LogP contribution is 2.27. The smallest absolute Gasteiger partial charge is 0.223 e. The number of fused-ring (bicyclic) bond motifs is 1. The lowest BCUT2D eigenvalue weighted by Gasteiger charge is -2.36. The topological polar surface area (TPSA) is 32.8 Å². The molecule has 1 aromatic rings. The van der Waals surface area contributed by atoms with Crippen LogP contribution < -0.4 is 0 Å². The number of morpholine rings is 1. The summed E-state index contributed by atoms with van der Waals surface area (Å²) >= 11 is 0. The number of hydrogen-bond acceptors (Lipinski definition) is 3. The molecular formula is C20H26N2O2. The molecule has 0 radical (unpaired) electrons. The first-order valence-corrected chi connectivity index (χ1v) is 9.13. The monoisotopic (exact) mass is 326 g/mol. The Balaban J connectivity index is 1.38. The van der Waals surface area contributed by atoms with E-state index >= 15 is 0 Å². The molecule has 0 unspecified atom stereocenters. The maximum Gasteiger partial charge on any atom is 0.223 e. The van der Waals surface area contributed by atoms with Crippen LogP contribution in [0.25, 0.3) is 0 Å². The molecule has 3 atom stereocenters. The first-order valence-electron chi connectivity index (χ1n) is 9.13. The minimum absolute atomic E-state index is 0.172. The van der Waals surface area contributed by atoms with Crippen LogP contribution in [0.1, 0.15) is 24.8 Å². The maximum absolute atomic E-state index is 12.6.